The maximum atomic E-state index is 12.2. The summed E-state index contributed by atoms with van der Waals surface area (Å²) in [6, 6.07) is 0. The Bertz CT molecular complexity index is 393. The number of carboxylic acid groups (broad SMARTS) is 1. The van der Waals surface area contributed by atoms with Gasteiger partial charge in [-0.2, -0.15) is 0 Å². The molecule has 6 heteroatoms. The Kier molecular flexibility index (Phi) is 14.3. The number of nitrogens with zero attached hydrogens (tertiary/aromatic N) is 1. The van der Waals surface area contributed by atoms with Crippen molar-refractivity contribution >= 4 is 16.0 Å². The number of hydrogen-bond donors (Lipinski definition) is 1. The van der Waals surface area contributed by atoms with Gasteiger partial charge in [0.2, 0.25) is 10.0 Å². The van der Waals surface area contributed by atoms with E-state index in [1.54, 1.807) is 0 Å². The van der Waals surface area contributed by atoms with Gasteiger partial charge in [-0.15, -0.1) is 0 Å². The van der Waals surface area contributed by atoms with Crippen molar-refractivity contribution in [2.45, 2.75) is 90.9 Å². The first-order chi connectivity index (χ1) is 11.4. The molecule has 0 aromatic heterocycles. The summed E-state index contributed by atoms with van der Waals surface area (Å²) in [4.78, 5) is 10.8. The SMILES string of the molecule is CCCCCCCCN(CCCCCCCC)S(=O)(=O)CC(=O)O. The molecule has 144 valence electrons. The lowest BCUT2D eigenvalue weighted by Crippen LogP contribution is -2.37. The van der Waals surface area contributed by atoms with E-state index >= 15 is 0 Å². The van der Waals surface area contributed by atoms with Crippen molar-refractivity contribution in [1.29, 1.82) is 0 Å². The molecule has 24 heavy (non-hydrogen) atoms. The van der Waals surface area contributed by atoms with Crippen molar-refractivity contribution in [3.63, 3.8) is 0 Å². The zero-order chi connectivity index (χ0) is 18.3. The number of carbonyl (C=O) groups is 1. The molecule has 0 fully saturated rings. The number of rotatable bonds is 17. The molecule has 0 aliphatic rings. The van der Waals surface area contributed by atoms with E-state index < -0.39 is 21.7 Å². The second kappa shape index (κ2) is 14.7. The Labute approximate surface area is 148 Å². The smallest absolute Gasteiger partial charge is 0.320 e. The predicted molar refractivity (Wildman–Crippen MR) is 99.7 cm³/mol. The van der Waals surface area contributed by atoms with Gasteiger partial charge < -0.3 is 5.11 Å². The molecule has 0 spiro atoms. The summed E-state index contributed by atoms with van der Waals surface area (Å²) < 4.78 is 25.8. The van der Waals surface area contributed by atoms with Crippen LogP contribution in [0.25, 0.3) is 0 Å². The number of unbranched alkanes of at least 4 members (excludes halogenated alkanes) is 10. The quantitative estimate of drug-likeness (QED) is 0.388. The summed E-state index contributed by atoms with van der Waals surface area (Å²) in [5, 5.41) is 8.83. The van der Waals surface area contributed by atoms with Gasteiger partial charge in [0.15, 0.2) is 5.75 Å². The van der Waals surface area contributed by atoms with E-state index in [0.717, 1.165) is 38.5 Å². The van der Waals surface area contributed by atoms with Crippen LogP contribution in [0.4, 0.5) is 0 Å². The van der Waals surface area contributed by atoms with Gasteiger partial charge in [0.25, 0.3) is 0 Å². The minimum Gasteiger partial charge on any atom is -0.480 e. The second-order valence-electron chi connectivity index (χ2n) is 6.58. The molecule has 0 radical (unpaired) electrons. The zero-order valence-corrected chi connectivity index (χ0v) is 16.5. The molecule has 0 aliphatic heterocycles. The highest BCUT2D eigenvalue weighted by atomic mass is 32.2. The average molecular weight is 364 g/mol. The Morgan fingerprint density at radius 1 is 0.750 bits per heavy atom. The van der Waals surface area contributed by atoms with E-state index in [-0.39, 0.29) is 0 Å². The van der Waals surface area contributed by atoms with Crippen LogP contribution in [0.5, 0.6) is 0 Å². The molecule has 0 aliphatic carbocycles. The maximum Gasteiger partial charge on any atom is 0.320 e. The van der Waals surface area contributed by atoms with Gasteiger partial charge in [-0.3, -0.25) is 4.79 Å². The standard InChI is InChI=1S/C18H37NO4S/c1-3-5-7-9-11-13-15-19(24(22,23)17-18(20)21)16-14-12-10-8-6-4-2/h3-17H2,1-2H3,(H,20,21). The van der Waals surface area contributed by atoms with Gasteiger partial charge in [-0.25, -0.2) is 12.7 Å². The number of carboxylic acids is 1. The highest BCUT2D eigenvalue weighted by molar-refractivity contribution is 7.89. The highest BCUT2D eigenvalue weighted by Crippen LogP contribution is 2.12. The van der Waals surface area contributed by atoms with Crippen molar-refractivity contribution < 1.29 is 18.3 Å². The third-order valence-electron chi connectivity index (χ3n) is 4.22. The summed E-state index contributed by atoms with van der Waals surface area (Å²) in [7, 11) is -3.68. The van der Waals surface area contributed by atoms with Crippen LogP contribution in [0, 0.1) is 0 Å². The van der Waals surface area contributed by atoms with E-state index in [2.05, 4.69) is 13.8 Å². The first-order valence-electron chi connectivity index (χ1n) is 9.63. The fourth-order valence-corrected chi connectivity index (χ4v) is 4.08. The minimum atomic E-state index is -3.68. The fraction of sp³-hybridized carbons (Fsp3) is 0.944. The molecule has 0 aromatic carbocycles. The summed E-state index contributed by atoms with van der Waals surface area (Å²) in [5.41, 5.74) is 0. The fourth-order valence-electron chi connectivity index (χ4n) is 2.77. The summed E-state index contributed by atoms with van der Waals surface area (Å²) in [5.74, 6) is -2.07. The van der Waals surface area contributed by atoms with Crippen LogP contribution < -0.4 is 0 Å². The summed E-state index contributed by atoms with van der Waals surface area (Å²) in [6.45, 7) is 5.24. The molecule has 0 heterocycles. The Hall–Kier alpha value is -0.620. The van der Waals surface area contributed by atoms with Crippen molar-refractivity contribution in [3.05, 3.63) is 0 Å². The molecular formula is C18H37NO4S. The van der Waals surface area contributed by atoms with Crippen LogP contribution in [0.2, 0.25) is 0 Å². The normalized spacial score (nSPS) is 12.0. The molecule has 1 N–H and O–H groups in total. The number of aliphatic carboxylic acids is 1. The summed E-state index contributed by atoms with van der Waals surface area (Å²) in [6.07, 6.45) is 13.1. The first-order valence-corrected chi connectivity index (χ1v) is 11.2. The molecule has 0 bridgehead atoms. The van der Waals surface area contributed by atoms with Crippen LogP contribution in [-0.4, -0.2) is 42.6 Å². The third-order valence-corrected chi connectivity index (χ3v) is 5.99. The lowest BCUT2D eigenvalue weighted by Gasteiger charge is -2.21. The third kappa shape index (κ3) is 12.8. The van der Waals surface area contributed by atoms with Crippen molar-refractivity contribution in [1.82, 2.24) is 4.31 Å². The van der Waals surface area contributed by atoms with Gasteiger partial charge >= 0.3 is 5.97 Å². The Balaban J connectivity index is 4.26. The molecule has 5 nitrogen and oxygen atoms in total. The number of sulfonamides is 1. The van der Waals surface area contributed by atoms with Crippen LogP contribution in [0.1, 0.15) is 90.9 Å². The Morgan fingerprint density at radius 2 is 1.12 bits per heavy atom. The van der Waals surface area contributed by atoms with Crippen LogP contribution in [0.3, 0.4) is 0 Å². The van der Waals surface area contributed by atoms with Gasteiger partial charge in [-0.05, 0) is 12.8 Å². The predicted octanol–water partition coefficient (Wildman–Crippen LogP) is 4.42. The van der Waals surface area contributed by atoms with Gasteiger partial charge in [0.05, 0.1) is 0 Å². The molecule has 0 amide bonds. The van der Waals surface area contributed by atoms with Crippen LogP contribution >= 0.6 is 0 Å². The molecule has 0 aromatic rings. The largest absolute Gasteiger partial charge is 0.480 e. The maximum absolute atomic E-state index is 12.2. The van der Waals surface area contributed by atoms with E-state index in [9.17, 15) is 13.2 Å². The zero-order valence-electron chi connectivity index (χ0n) is 15.6. The molecule has 0 rings (SSSR count). The van der Waals surface area contributed by atoms with Gasteiger partial charge in [-0.1, -0.05) is 78.1 Å². The van der Waals surface area contributed by atoms with E-state index in [4.69, 9.17) is 5.11 Å². The van der Waals surface area contributed by atoms with Gasteiger partial charge in [0, 0.05) is 13.1 Å². The first kappa shape index (κ1) is 23.4. The second-order valence-corrected chi connectivity index (χ2v) is 8.55. The van der Waals surface area contributed by atoms with Crippen LogP contribution in [-0.2, 0) is 14.8 Å². The van der Waals surface area contributed by atoms with Crippen molar-refractivity contribution in [2.24, 2.45) is 0 Å². The lowest BCUT2D eigenvalue weighted by molar-refractivity contribution is -0.134. The minimum absolute atomic E-state index is 0.455. The lowest BCUT2D eigenvalue weighted by atomic mass is 10.1. The van der Waals surface area contributed by atoms with E-state index in [0.29, 0.717) is 13.1 Å². The molecular weight excluding hydrogens is 326 g/mol. The number of hydrogen-bond acceptors (Lipinski definition) is 3. The monoisotopic (exact) mass is 363 g/mol. The van der Waals surface area contributed by atoms with Crippen molar-refractivity contribution in [2.75, 3.05) is 18.8 Å². The Morgan fingerprint density at radius 3 is 1.50 bits per heavy atom. The van der Waals surface area contributed by atoms with Crippen LogP contribution in [0.15, 0.2) is 0 Å². The van der Waals surface area contributed by atoms with E-state index in [1.165, 1.54) is 42.8 Å². The average Bonchev–Trinajstić information content (AvgIpc) is 2.50. The molecule has 0 saturated heterocycles. The van der Waals surface area contributed by atoms with Gasteiger partial charge in [0.1, 0.15) is 0 Å². The topological polar surface area (TPSA) is 74.7 Å². The molecule has 0 unspecified atom stereocenters. The van der Waals surface area contributed by atoms with Crippen molar-refractivity contribution in [3.8, 4) is 0 Å². The molecule has 0 saturated carbocycles. The highest BCUT2D eigenvalue weighted by Gasteiger charge is 2.24. The summed E-state index contributed by atoms with van der Waals surface area (Å²) >= 11 is 0. The molecule has 0 atom stereocenters. The van der Waals surface area contributed by atoms with E-state index in [1.807, 2.05) is 0 Å².